The average molecular weight is 381 g/mol. The van der Waals surface area contributed by atoms with Crippen molar-refractivity contribution in [1.29, 1.82) is 0 Å². The molecule has 28 heavy (non-hydrogen) atoms. The fraction of sp³-hybridized carbons (Fsp3) is 0.190. The van der Waals surface area contributed by atoms with Crippen molar-refractivity contribution in [3.63, 3.8) is 0 Å². The second-order valence-corrected chi connectivity index (χ2v) is 6.20. The van der Waals surface area contributed by atoms with E-state index in [0.717, 1.165) is 16.5 Å². The Balaban J connectivity index is 1.50. The number of anilines is 1. The molecule has 0 aliphatic carbocycles. The van der Waals surface area contributed by atoms with Crippen LogP contribution >= 0.6 is 0 Å². The van der Waals surface area contributed by atoms with Gasteiger partial charge in [-0.15, -0.1) is 0 Å². The van der Waals surface area contributed by atoms with E-state index in [1.54, 1.807) is 24.3 Å². The SMILES string of the molecule is Cc1cccc(NC(=O)COC(=O)COc2ccc3ccc(=O)oc3c2)c1C. The summed E-state index contributed by atoms with van der Waals surface area (Å²) < 4.78 is 15.3. The molecule has 3 aromatic rings. The summed E-state index contributed by atoms with van der Waals surface area (Å²) in [4.78, 5) is 35.0. The van der Waals surface area contributed by atoms with E-state index in [9.17, 15) is 14.4 Å². The van der Waals surface area contributed by atoms with E-state index in [-0.39, 0.29) is 6.61 Å². The highest BCUT2D eigenvalue weighted by atomic mass is 16.6. The zero-order valence-corrected chi connectivity index (χ0v) is 15.5. The van der Waals surface area contributed by atoms with Crippen LogP contribution in [0, 0.1) is 13.8 Å². The number of hydrogen-bond donors (Lipinski definition) is 1. The Morgan fingerprint density at radius 1 is 1.04 bits per heavy atom. The molecular weight excluding hydrogens is 362 g/mol. The Hall–Kier alpha value is -3.61. The molecule has 0 radical (unpaired) electrons. The van der Waals surface area contributed by atoms with Gasteiger partial charge in [-0.2, -0.15) is 0 Å². The third kappa shape index (κ3) is 4.76. The molecule has 0 aliphatic heterocycles. The number of carbonyl (C=O) groups excluding carboxylic acids is 2. The molecule has 7 nitrogen and oxygen atoms in total. The topological polar surface area (TPSA) is 94.8 Å². The first kappa shape index (κ1) is 19.2. The maximum atomic E-state index is 12.0. The molecule has 0 saturated heterocycles. The lowest BCUT2D eigenvalue weighted by atomic mass is 10.1. The van der Waals surface area contributed by atoms with Crippen LogP contribution in [-0.2, 0) is 14.3 Å². The van der Waals surface area contributed by atoms with Crippen molar-refractivity contribution in [3.05, 3.63) is 70.1 Å². The van der Waals surface area contributed by atoms with Crippen molar-refractivity contribution in [2.24, 2.45) is 0 Å². The molecule has 0 atom stereocenters. The zero-order valence-electron chi connectivity index (χ0n) is 15.5. The van der Waals surface area contributed by atoms with Gasteiger partial charge in [-0.1, -0.05) is 12.1 Å². The summed E-state index contributed by atoms with van der Waals surface area (Å²) in [7, 11) is 0. The highest BCUT2D eigenvalue weighted by Crippen LogP contribution is 2.19. The molecule has 0 saturated carbocycles. The fourth-order valence-electron chi connectivity index (χ4n) is 2.53. The summed E-state index contributed by atoms with van der Waals surface area (Å²) in [6, 6.07) is 13.4. The summed E-state index contributed by atoms with van der Waals surface area (Å²) in [6.45, 7) is 3.05. The Kier molecular flexibility index (Phi) is 5.74. The van der Waals surface area contributed by atoms with Crippen LogP contribution in [0.4, 0.5) is 5.69 Å². The fourth-order valence-corrected chi connectivity index (χ4v) is 2.53. The van der Waals surface area contributed by atoms with E-state index in [1.165, 1.54) is 12.1 Å². The minimum absolute atomic E-state index is 0.346. The normalized spacial score (nSPS) is 10.5. The lowest BCUT2D eigenvalue weighted by Crippen LogP contribution is -2.24. The first-order valence-electron chi connectivity index (χ1n) is 8.61. The van der Waals surface area contributed by atoms with Crippen molar-refractivity contribution < 1.29 is 23.5 Å². The van der Waals surface area contributed by atoms with Gasteiger partial charge in [-0.3, -0.25) is 4.79 Å². The molecule has 144 valence electrons. The van der Waals surface area contributed by atoms with Crippen LogP contribution in [0.5, 0.6) is 5.75 Å². The van der Waals surface area contributed by atoms with Gasteiger partial charge in [0.1, 0.15) is 11.3 Å². The maximum Gasteiger partial charge on any atom is 0.344 e. The van der Waals surface area contributed by atoms with Crippen molar-refractivity contribution in [1.82, 2.24) is 0 Å². The largest absolute Gasteiger partial charge is 0.482 e. The predicted molar refractivity (Wildman–Crippen MR) is 103 cm³/mol. The maximum absolute atomic E-state index is 12.0. The number of esters is 1. The number of aryl methyl sites for hydroxylation is 1. The molecular formula is C21H19NO6. The zero-order chi connectivity index (χ0) is 20.1. The minimum atomic E-state index is -0.689. The van der Waals surface area contributed by atoms with Crippen LogP contribution in [0.25, 0.3) is 11.0 Å². The quantitative estimate of drug-likeness (QED) is 0.521. The van der Waals surface area contributed by atoms with Gasteiger partial charge in [0.05, 0.1) is 0 Å². The van der Waals surface area contributed by atoms with Crippen molar-refractivity contribution in [3.8, 4) is 5.75 Å². The Morgan fingerprint density at radius 3 is 2.64 bits per heavy atom. The molecule has 1 amide bonds. The molecule has 7 heteroatoms. The second kappa shape index (κ2) is 8.39. The number of fused-ring (bicyclic) bond motifs is 1. The van der Waals surface area contributed by atoms with Gasteiger partial charge in [0.2, 0.25) is 0 Å². The highest BCUT2D eigenvalue weighted by molar-refractivity contribution is 5.93. The smallest absolute Gasteiger partial charge is 0.344 e. The third-order valence-electron chi connectivity index (χ3n) is 4.19. The summed E-state index contributed by atoms with van der Waals surface area (Å²) in [5, 5.41) is 3.44. The number of nitrogens with one attached hydrogen (secondary N) is 1. The number of ether oxygens (including phenoxy) is 2. The van der Waals surface area contributed by atoms with Gasteiger partial charge in [0.15, 0.2) is 13.2 Å². The molecule has 0 fully saturated rings. The van der Waals surface area contributed by atoms with E-state index in [4.69, 9.17) is 13.9 Å². The van der Waals surface area contributed by atoms with E-state index in [0.29, 0.717) is 17.0 Å². The Labute approximate surface area is 160 Å². The molecule has 2 aromatic carbocycles. The van der Waals surface area contributed by atoms with Crippen LogP contribution < -0.4 is 15.7 Å². The van der Waals surface area contributed by atoms with Crippen molar-refractivity contribution in [2.45, 2.75) is 13.8 Å². The number of rotatable bonds is 6. The standard InChI is InChI=1S/C21H19NO6/c1-13-4-3-5-17(14(13)2)22-19(23)11-27-21(25)12-26-16-8-6-15-7-9-20(24)28-18(15)10-16/h3-10H,11-12H2,1-2H3,(H,22,23). The summed E-state index contributed by atoms with van der Waals surface area (Å²) in [6.07, 6.45) is 0. The van der Waals surface area contributed by atoms with Crippen LogP contribution in [0.3, 0.4) is 0 Å². The van der Waals surface area contributed by atoms with E-state index in [2.05, 4.69) is 5.32 Å². The van der Waals surface area contributed by atoms with E-state index in [1.807, 2.05) is 26.0 Å². The van der Waals surface area contributed by atoms with E-state index < -0.39 is 24.1 Å². The van der Waals surface area contributed by atoms with Crippen LogP contribution in [0.15, 0.2) is 57.7 Å². The summed E-state index contributed by atoms with van der Waals surface area (Å²) >= 11 is 0. The molecule has 1 heterocycles. The Morgan fingerprint density at radius 2 is 1.82 bits per heavy atom. The predicted octanol–water partition coefficient (Wildman–Crippen LogP) is 2.97. The molecule has 0 spiro atoms. The molecule has 1 N–H and O–H groups in total. The van der Waals surface area contributed by atoms with Gasteiger partial charge in [0.25, 0.3) is 5.91 Å². The van der Waals surface area contributed by atoms with E-state index >= 15 is 0 Å². The first-order chi connectivity index (χ1) is 13.4. The number of hydrogen-bond acceptors (Lipinski definition) is 6. The van der Waals surface area contributed by atoms with Crippen LogP contribution in [0.1, 0.15) is 11.1 Å². The Bertz CT molecular complexity index is 1090. The second-order valence-electron chi connectivity index (χ2n) is 6.20. The van der Waals surface area contributed by atoms with Crippen molar-refractivity contribution >= 4 is 28.5 Å². The van der Waals surface area contributed by atoms with Gasteiger partial charge >= 0.3 is 11.6 Å². The minimum Gasteiger partial charge on any atom is -0.482 e. The molecule has 0 bridgehead atoms. The molecule has 1 aromatic heterocycles. The third-order valence-corrected chi connectivity index (χ3v) is 4.19. The van der Waals surface area contributed by atoms with Gasteiger partial charge < -0.3 is 19.2 Å². The van der Waals surface area contributed by atoms with Crippen LogP contribution in [0.2, 0.25) is 0 Å². The molecule has 0 unspecified atom stereocenters. The number of benzene rings is 2. The molecule has 3 rings (SSSR count). The molecule has 0 aliphatic rings. The summed E-state index contributed by atoms with van der Waals surface area (Å²) in [5.74, 6) is -0.779. The highest BCUT2D eigenvalue weighted by Gasteiger charge is 2.11. The summed E-state index contributed by atoms with van der Waals surface area (Å²) in [5.41, 5.74) is 2.56. The van der Waals surface area contributed by atoms with Crippen LogP contribution in [-0.4, -0.2) is 25.1 Å². The van der Waals surface area contributed by atoms with Crippen molar-refractivity contribution in [2.75, 3.05) is 18.5 Å². The lowest BCUT2D eigenvalue weighted by Gasteiger charge is -2.11. The lowest BCUT2D eigenvalue weighted by molar-refractivity contribution is -0.149. The van der Waals surface area contributed by atoms with Gasteiger partial charge in [-0.05, 0) is 49.2 Å². The number of carbonyl (C=O) groups is 2. The number of amides is 1. The van der Waals surface area contributed by atoms with Gasteiger partial charge in [-0.25, -0.2) is 9.59 Å². The monoisotopic (exact) mass is 381 g/mol. The average Bonchev–Trinajstić information content (AvgIpc) is 2.68. The first-order valence-corrected chi connectivity index (χ1v) is 8.61. The van der Waals surface area contributed by atoms with Gasteiger partial charge in [0, 0.05) is 23.2 Å².